The highest BCUT2D eigenvalue weighted by Crippen LogP contribution is 2.23. The van der Waals surface area contributed by atoms with Gasteiger partial charge in [0.15, 0.2) is 0 Å². The third kappa shape index (κ3) is 2.84. The molecule has 1 N–H and O–H groups in total. The molecular weight excluding hydrogens is 246 g/mol. The lowest BCUT2D eigenvalue weighted by atomic mass is 10.1. The highest BCUT2D eigenvalue weighted by molar-refractivity contribution is 5.88. The number of carboxylic acids is 1. The number of carbonyl (C=O) groups is 1. The maximum absolute atomic E-state index is 10.8. The van der Waals surface area contributed by atoms with Crippen LogP contribution in [0.3, 0.4) is 0 Å². The summed E-state index contributed by atoms with van der Waals surface area (Å²) < 4.78 is 5.42. The number of carboxylic acid groups (broad SMARTS) is 1. The Bertz CT molecular complexity index is 677. The molecule has 1 aromatic heterocycles. The van der Waals surface area contributed by atoms with Crippen LogP contribution in [0.25, 0.3) is 0 Å². The number of benzene rings is 1. The normalized spacial score (nSPS) is 9.68. The van der Waals surface area contributed by atoms with Crippen LogP contribution >= 0.6 is 0 Å². The number of nitrogens with zero attached hydrogens (tertiary/aromatic N) is 3. The molecule has 94 valence electrons. The highest BCUT2D eigenvalue weighted by Gasteiger charge is 2.08. The molecule has 1 heterocycles. The molecule has 6 nitrogen and oxygen atoms in total. The molecule has 6 heteroatoms. The molecule has 0 spiro atoms. The van der Waals surface area contributed by atoms with Crippen molar-refractivity contribution in [3.63, 3.8) is 0 Å². The van der Waals surface area contributed by atoms with Gasteiger partial charge in [-0.05, 0) is 36.8 Å². The van der Waals surface area contributed by atoms with Crippen LogP contribution in [0.5, 0.6) is 11.8 Å². The van der Waals surface area contributed by atoms with Gasteiger partial charge in [-0.3, -0.25) is 0 Å². The standard InChI is InChI=1S/C13H9N3O3/c1-8-6-9(12(17)18)2-3-11(8)19-13-15-5-4-10(7-14)16-13/h2-6H,1H3,(H,17,18). The number of hydrogen-bond acceptors (Lipinski definition) is 5. The van der Waals surface area contributed by atoms with Crippen LogP contribution in [0, 0.1) is 18.3 Å². The molecule has 0 bridgehead atoms. The predicted octanol–water partition coefficient (Wildman–Crippen LogP) is 2.15. The molecule has 0 atom stereocenters. The minimum absolute atomic E-state index is 0.0465. The van der Waals surface area contributed by atoms with Crippen LogP contribution in [-0.4, -0.2) is 21.0 Å². The second-order valence-electron chi connectivity index (χ2n) is 3.72. The number of ether oxygens (including phenoxy) is 1. The Morgan fingerprint density at radius 2 is 2.21 bits per heavy atom. The third-order valence-electron chi connectivity index (χ3n) is 2.37. The first-order valence-corrected chi connectivity index (χ1v) is 5.35. The molecular formula is C13H9N3O3. The summed E-state index contributed by atoms with van der Waals surface area (Å²) in [4.78, 5) is 18.6. The van der Waals surface area contributed by atoms with Gasteiger partial charge in [-0.25, -0.2) is 9.78 Å². The van der Waals surface area contributed by atoms with Gasteiger partial charge in [-0.2, -0.15) is 10.2 Å². The van der Waals surface area contributed by atoms with Gasteiger partial charge in [0.2, 0.25) is 0 Å². The van der Waals surface area contributed by atoms with Crippen molar-refractivity contribution >= 4 is 5.97 Å². The first-order chi connectivity index (χ1) is 9.10. The van der Waals surface area contributed by atoms with Gasteiger partial charge in [0.1, 0.15) is 17.5 Å². The first-order valence-electron chi connectivity index (χ1n) is 5.35. The van der Waals surface area contributed by atoms with E-state index in [-0.39, 0.29) is 17.3 Å². The van der Waals surface area contributed by atoms with Crippen LogP contribution in [-0.2, 0) is 0 Å². The lowest BCUT2D eigenvalue weighted by molar-refractivity contribution is 0.0697. The lowest BCUT2D eigenvalue weighted by Crippen LogP contribution is -1.99. The summed E-state index contributed by atoms with van der Waals surface area (Å²) in [6.45, 7) is 1.72. The Morgan fingerprint density at radius 3 is 2.84 bits per heavy atom. The summed E-state index contributed by atoms with van der Waals surface area (Å²) in [5.74, 6) is -0.558. The molecule has 0 radical (unpaired) electrons. The van der Waals surface area contributed by atoms with Gasteiger partial charge >= 0.3 is 12.0 Å². The average molecular weight is 255 g/mol. The molecule has 0 saturated heterocycles. The van der Waals surface area contributed by atoms with E-state index in [2.05, 4.69) is 9.97 Å². The van der Waals surface area contributed by atoms with E-state index >= 15 is 0 Å². The van der Waals surface area contributed by atoms with Gasteiger partial charge in [-0.1, -0.05) is 0 Å². The van der Waals surface area contributed by atoms with Gasteiger partial charge in [0.05, 0.1) is 5.56 Å². The quantitative estimate of drug-likeness (QED) is 0.902. The van der Waals surface area contributed by atoms with Crippen LogP contribution in [0.4, 0.5) is 0 Å². The summed E-state index contributed by atoms with van der Waals surface area (Å²) in [6.07, 6.45) is 1.42. The van der Waals surface area contributed by atoms with Gasteiger partial charge < -0.3 is 9.84 Å². The molecule has 2 rings (SSSR count). The van der Waals surface area contributed by atoms with E-state index in [4.69, 9.17) is 15.1 Å². The molecule has 0 fully saturated rings. The topological polar surface area (TPSA) is 96.1 Å². The van der Waals surface area contributed by atoms with Gasteiger partial charge in [0, 0.05) is 6.20 Å². The first kappa shape index (κ1) is 12.5. The van der Waals surface area contributed by atoms with E-state index < -0.39 is 5.97 Å². The van der Waals surface area contributed by atoms with Crippen molar-refractivity contribution in [1.29, 1.82) is 5.26 Å². The number of nitriles is 1. The molecule has 0 saturated carbocycles. The van der Waals surface area contributed by atoms with Gasteiger partial charge in [-0.15, -0.1) is 0 Å². The van der Waals surface area contributed by atoms with Gasteiger partial charge in [0.25, 0.3) is 0 Å². The van der Waals surface area contributed by atoms with Crippen molar-refractivity contribution in [1.82, 2.24) is 9.97 Å². The van der Waals surface area contributed by atoms with Crippen molar-refractivity contribution in [2.24, 2.45) is 0 Å². The van der Waals surface area contributed by atoms with E-state index in [0.29, 0.717) is 11.3 Å². The monoisotopic (exact) mass is 255 g/mol. The van der Waals surface area contributed by atoms with Crippen LogP contribution in [0.2, 0.25) is 0 Å². The zero-order valence-corrected chi connectivity index (χ0v) is 9.99. The summed E-state index contributed by atoms with van der Waals surface area (Å²) in [5.41, 5.74) is 1.02. The largest absolute Gasteiger partial charge is 0.478 e. The van der Waals surface area contributed by atoms with E-state index in [1.54, 1.807) is 6.92 Å². The third-order valence-corrected chi connectivity index (χ3v) is 2.37. The van der Waals surface area contributed by atoms with Crippen LogP contribution < -0.4 is 4.74 Å². The van der Waals surface area contributed by atoms with Crippen molar-refractivity contribution < 1.29 is 14.6 Å². The maximum atomic E-state index is 10.8. The summed E-state index contributed by atoms with van der Waals surface area (Å²) in [5, 5.41) is 17.6. The Hall–Kier alpha value is -2.94. The number of aromatic carboxylic acids is 1. The zero-order valence-electron chi connectivity index (χ0n) is 9.99. The Labute approximate surface area is 108 Å². The van der Waals surface area contributed by atoms with Crippen molar-refractivity contribution in [2.45, 2.75) is 6.92 Å². The second-order valence-corrected chi connectivity index (χ2v) is 3.72. The van der Waals surface area contributed by atoms with Crippen molar-refractivity contribution in [2.75, 3.05) is 0 Å². The number of hydrogen-bond donors (Lipinski definition) is 1. The average Bonchev–Trinajstić information content (AvgIpc) is 2.41. The molecule has 1 aromatic carbocycles. The zero-order chi connectivity index (χ0) is 13.8. The minimum atomic E-state index is -1.00. The molecule has 0 amide bonds. The molecule has 0 aliphatic rings. The number of rotatable bonds is 3. The Balaban J connectivity index is 2.28. The van der Waals surface area contributed by atoms with E-state index in [1.165, 1.54) is 30.5 Å². The van der Waals surface area contributed by atoms with Crippen molar-refractivity contribution in [3.05, 3.63) is 47.3 Å². The predicted molar refractivity (Wildman–Crippen MR) is 65.0 cm³/mol. The number of aromatic nitrogens is 2. The van der Waals surface area contributed by atoms with Crippen molar-refractivity contribution in [3.8, 4) is 17.8 Å². The number of aryl methyl sites for hydroxylation is 1. The Morgan fingerprint density at radius 1 is 1.42 bits per heavy atom. The molecule has 0 aliphatic heterocycles. The molecule has 0 aliphatic carbocycles. The van der Waals surface area contributed by atoms with E-state index in [0.717, 1.165) is 0 Å². The minimum Gasteiger partial charge on any atom is -0.478 e. The summed E-state index contributed by atoms with van der Waals surface area (Å²) >= 11 is 0. The van der Waals surface area contributed by atoms with Crippen LogP contribution in [0.15, 0.2) is 30.5 Å². The maximum Gasteiger partial charge on any atom is 0.335 e. The summed E-state index contributed by atoms with van der Waals surface area (Å²) in [6, 6.07) is 7.85. The smallest absolute Gasteiger partial charge is 0.335 e. The molecule has 2 aromatic rings. The lowest BCUT2D eigenvalue weighted by Gasteiger charge is -2.07. The summed E-state index contributed by atoms with van der Waals surface area (Å²) in [7, 11) is 0. The van der Waals surface area contributed by atoms with E-state index in [9.17, 15) is 4.79 Å². The van der Waals surface area contributed by atoms with E-state index in [1.807, 2.05) is 6.07 Å². The molecule has 19 heavy (non-hydrogen) atoms. The molecule has 0 unspecified atom stereocenters. The SMILES string of the molecule is Cc1cc(C(=O)O)ccc1Oc1nccc(C#N)n1. The fourth-order valence-electron chi connectivity index (χ4n) is 1.45. The second kappa shape index (κ2) is 5.14. The van der Waals surface area contributed by atoms with Crippen LogP contribution in [0.1, 0.15) is 21.6 Å². The highest BCUT2D eigenvalue weighted by atomic mass is 16.5. The Kier molecular flexibility index (Phi) is 3.39. The fourth-order valence-corrected chi connectivity index (χ4v) is 1.45. The fraction of sp³-hybridized carbons (Fsp3) is 0.0769.